The summed E-state index contributed by atoms with van der Waals surface area (Å²) in [5, 5.41) is 0. The van der Waals surface area contributed by atoms with Gasteiger partial charge in [-0.25, -0.2) is 0 Å². The highest BCUT2D eigenvalue weighted by Gasteiger charge is 1.80. The van der Waals surface area contributed by atoms with E-state index in [2.05, 4.69) is 53.3 Å². The molecule has 0 aromatic heterocycles. The quantitative estimate of drug-likeness (QED) is 0.303. The summed E-state index contributed by atoms with van der Waals surface area (Å²) >= 11 is 0. The van der Waals surface area contributed by atoms with Gasteiger partial charge >= 0.3 is 0 Å². The van der Waals surface area contributed by atoms with E-state index in [9.17, 15) is 0 Å². The molecule has 0 fully saturated rings. The Labute approximate surface area is 202 Å². The largest absolute Gasteiger partial charge is 0.100 e. The summed E-state index contributed by atoms with van der Waals surface area (Å²) in [6, 6.07) is 0. The zero-order valence-electron chi connectivity index (χ0n) is 24.8. The SMILES string of the molecule is C=C(C)C.C=C(C)C.C=C(C)C.C=C(C)C.C=C(C)C.C=C(C)C.CCCCCCC. The third kappa shape index (κ3) is 3340. The molecule has 0 amide bonds. The normalized spacial score (nSPS) is 7.16. The van der Waals surface area contributed by atoms with Crippen LogP contribution in [0.5, 0.6) is 0 Å². The predicted octanol–water partition coefficient (Wildman–Crippen LogP) is 12.5. The molecule has 0 N–H and O–H groups in total. The Kier molecular flexibility index (Phi) is 71.1. The van der Waals surface area contributed by atoms with Crippen LogP contribution < -0.4 is 0 Å². The van der Waals surface area contributed by atoms with Gasteiger partial charge in [0.25, 0.3) is 0 Å². The van der Waals surface area contributed by atoms with E-state index in [1.54, 1.807) is 0 Å². The lowest BCUT2D eigenvalue weighted by Crippen LogP contribution is -1.70. The maximum atomic E-state index is 3.56. The monoisotopic (exact) mass is 437 g/mol. The van der Waals surface area contributed by atoms with Crippen molar-refractivity contribution in [3.05, 3.63) is 72.9 Å². The molecule has 0 radical (unpaired) electrons. The summed E-state index contributed by atoms with van der Waals surface area (Å²) in [7, 11) is 0. The zero-order valence-corrected chi connectivity index (χ0v) is 24.8. The maximum Gasteiger partial charge on any atom is -0.0445 e. The van der Waals surface area contributed by atoms with E-state index in [0.29, 0.717) is 0 Å². The Morgan fingerprint density at radius 3 is 0.484 bits per heavy atom. The van der Waals surface area contributed by atoms with E-state index in [1.165, 1.54) is 65.5 Å². The summed E-state index contributed by atoms with van der Waals surface area (Å²) < 4.78 is 0. The number of rotatable bonds is 4. The van der Waals surface area contributed by atoms with Gasteiger partial charge in [0.05, 0.1) is 0 Å². The number of unbranched alkanes of at least 4 members (excludes halogenated alkanes) is 4. The zero-order chi connectivity index (χ0) is 27.0. The Morgan fingerprint density at radius 1 is 0.323 bits per heavy atom. The topological polar surface area (TPSA) is 0 Å². The fourth-order valence-electron chi connectivity index (χ4n) is 0.677. The molecule has 0 aliphatic heterocycles. The highest BCUT2D eigenvalue weighted by Crippen LogP contribution is 2.00. The molecule has 0 aromatic carbocycles. The number of allylic oxidation sites excluding steroid dienone is 6. The van der Waals surface area contributed by atoms with Crippen molar-refractivity contribution in [3.63, 3.8) is 0 Å². The molecule has 0 nitrogen and oxygen atoms in total. The third-order valence-corrected chi connectivity index (χ3v) is 1.21. The van der Waals surface area contributed by atoms with Crippen LogP contribution >= 0.6 is 0 Å². The van der Waals surface area contributed by atoms with Crippen molar-refractivity contribution in [3.8, 4) is 0 Å². The van der Waals surface area contributed by atoms with Crippen molar-refractivity contribution in [2.75, 3.05) is 0 Å². The van der Waals surface area contributed by atoms with Gasteiger partial charge in [0.2, 0.25) is 0 Å². The van der Waals surface area contributed by atoms with Crippen molar-refractivity contribution < 1.29 is 0 Å². The first-order valence-corrected chi connectivity index (χ1v) is 11.5. The van der Waals surface area contributed by atoms with Crippen LogP contribution in [0.25, 0.3) is 0 Å². The first-order valence-electron chi connectivity index (χ1n) is 11.5. The second-order valence-electron chi connectivity index (χ2n) is 9.30. The standard InChI is InChI=1S/C7H16.6C4H8/c1-3-5-7-6-4-2;6*1-4(2)3/h3-7H2,1-2H3;6*1H2,2-3H3. The molecular weight excluding hydrogens is 372 g/mol. The van der Waals surface area contributed by atoms with Crippen LogP contribution in [0.1, 0.15) is 129 Å². The predicted molar refractivity (Wildman–Crippen MR) is 157 cm³/mol. The van der Waals surface area contributed by atoms with E-state index < -0.39 is 0 Å². The van der Waals surface area contributed by atoms with Gasteiger partial charge in [-0.1, -0.05) is 79.4 Å². The Hall–Kier alpha value is -1.56. The molecule has 0 atom stereocenters. The van der Waals surface area contributed by atoms with Crippen LogP contribution in [0.4, 0.5) is 0 Å². The fraction of sp³-hybridized carbons (Fsp3) is 0.613. The molecule has 0 spiro atoms. The van der Waals surface area contributed by atoms with Crippen LogP contribution in [0.3, 0.4) is 0 Å². The Balaban J connectivity index is -0.0000000440. The second-order valence-corrected chi connectivity index (χ2v) is 9.30. The maximum absolute atomic E-state index is 3.56. The molecule has 0 aliphatic carbocycles. The first-order chi connectivity index (χ1) is 13.8. The fourth-order valence-corrected chi connectivity index (χ4v) is 0.677. The average molecular weight is 437 g/mol. The summed E-state index contributed by atoms with van der Waals surface area (Å²) in [4.78, 5) is 0. The number of hydrogen-bond donors (Lipinski definition) is 0. The molecule has 0 saturated carbocycles. The van der Waals surface area contributed by atoms with Crippen LogP contribution in [-0.2, 0) is 0 Å². The Morgan fingerprint density at radius 2 is 0.419 bits per heavy atom. The minimum Gasteiger partial charge on any atom is -0.100 e. The van der Waals surface area contributed by atoms with E-state index in [0.717, 1.165) is 0 Å². The third-order valence-electron chi connectivity index (χ3n) is 1.21. The molecule has 0 heterocycles. The van der Waals surface area contributed by atoms with Gasteiger partial charge in [-0.15, -0.1) is 39.5 Å². The molecule has 0 saturated heterocycles. The van der Waals surface area contributed by atoms with Gasteiger partial charge in [0.15, 0.2) is 0 Å². The minimum atomic E-state index is 1.17. The van der Waals surface area contributed by atoms with E-state index in [4.69, 9.17) is 0 Å². The van der Waals surface area contributed by atoms with Gasteiger partial charge in [-0.3, -0.25) is 0 Å². The van der Waals surface area contributed by atoms with Gasteiger partial charge < -0.3 is 0 Å². The summed E-state index contributed by atoms with van der Waals surface area (Å²) in [5.41, 5.74) is 7.00. The molecule has 188 valence electrons. The van der Waals surface area contributed by atoms with Crippen molar-refractivity contribution in [2.45, 2.75) is 129 Å². The van der Waals surface area contributed by atoms with Gasteiger partial charge in [-0.05, 0) is 83.1 Å². The molecule has 0 unspecified atom stereocenters. The number of hydrogen-bond acceptors (Lipinski definition) is 0. The molecule has 0 bridgehead atoms. The summed E-state index contributed by atoms with van der Waals surface area (Å²) in [6.45, 7) is 49.5. The van der Waals surface area contributed by atoms with E-state index in [1.807, 2.05) is 83.1 Å². The lowest BCUT2D eigenvalue weighted by atomic mass is 10.2. The van der Waals surface area contributed by atoms with Crippen molar-refractivity contribution in [1.29, 1.82) is 0 Å². The minimum absolute atomic E-state index is 1.17. The molecule has 31 heavy (non-hydrogen) atoms. The molecule has 0 aliphatic rings. The molecule has 0 aromatic rings. The van der Waals surface area contributed by atoms with Gasteiger partial charge in [0, 0.05) is 0 Å². The van der Waals surface area contributed by atoms with Crippen LogP contribution in [0.15, 0.2) is 72.9 Å². The van der Waals surface area contributed by atoms with Gasteiger partial charge in [-0.2, -0.15) is 0 Å². The van der Waals surface area contributed by atoms with Crippen molar-refractivity contribution in [1.82, 2.24) is 0 Å². The summed E-state index contributed by atoms with van der Waals surface area (Å²) in [6.07, 6.45) is 7.01. The first kappa shape index (κ1) is 47.3. The average Bonchev–Trinajstić information content (AvgIpc) is 2.44. The van der Waals surface area contributed by atoms with Crippen LogP contribution in [0, 0.1) is 0 Å². The lowest BCUT2D eigenvalue weighted by molar-refractivity contribution is 0.656. The van der Waals surface area contributed by atoms with Crippen molar-refractivity contribution >= 4 is 0 Å². The second kappa shape index (κ2) is 46.6. The lowest BCUT2D eigenvalue weighted by Gasteiger charge is -1.90. The van der Waals surface area contributed by atoms with Crippen molar-refractivity contribution in [2.24, 2.45) is 0 Å². The molecular formula is C31H64. The van der Waals surface area contributed by atoms with E-state index >= 15 is 0 Å². The van der Waals surface area contributed by atoms with Gasteiger partial charge in [0.1, 0.15) is 0 Å². The van der Waals surface area contributed by atoms with Crippen LogP contribution in [-0.4, -0.2) is 0 Å². The van der Waals surface area contributed by atoms with Crippen LogP contribution in [0.2, 0.25) is 0 Å². The summed E-state index contributed by atoms with van der Waals surface area (Å²) in [5.74, 6) is 0. The Bertz CT molecular complexity index is 294. The highest BCUT2D eigenvalue weighted by atomic mass is 13.9. The van der Waals surface area contributed by atoms with E-state index in [-0.39, 0.29) is 0 Å². The molecule has 0 rings (SSSR count). The highest BCUT2D eigenvalue weighted by molar-refractivity contribution is 4.80. The molecule has 0 heteroatoms. The smallest absolute Gasteiger partial charge is 0.0445 e.